The number of rotatable bonds is 10. The number of nitrogens with one attached hydrogen (secondary N) is 1. The van der Waals surface area contributed by atoms with Crippen LogP contribution < -0.4 is 10.1 Å². The molecule has 0 atom stereocenters. The van der Waals surface area contributed by atoms with Crippen LogP contribution in [-0.2, 0) is 24.5 Å². The molecule has 1 N–H and O–H groups in total. The Balaban J connectivity index is 1.54. The minimum Gasteiger partial charge on any atom is -0.486 e. The summed E-state index contributed by atoms with van der Waals surface area (Å²) in [7, 11) is 0. The molecule has 2 aromatic carbocycles. The van der Waals surface area contributed by atoms with Gasteiger partial charge in [-0.2, -0.15) is 0 Å². The molecule has 0 bridgehead atoms. The smallest absolute Gasteiger partial charge is 0.230 e. The minimum absolute atomic E-state index is 0.0832. The lowest BCUT2D eigenvalue weighted by Gasteiger charge is -2.09. The molecule has 3 rings (SSSR count). The number of carbonyl (C=O) groups is 1. The zero-order valence-electron chi connectivity index (χ0n) is 15.8. The van der Waals surface area contributed by atoms with E-state index in [1.165, 1.54) is 11.8 Å². The maximum atomic E-state index is 12.2. The van der Waals surface area contributed by atoms with Gasteiger partial charge in [0.25, 0.3) is 0 Å². The van der Waals surface area contributed by atoms with Crippen LogP contribution in [-0.4, -0.2) is 26.4 Å². The summed E-state index contributed by atoms with van der Waals surface area (Å²) in [5, 5.41) is 12.6. The summed E-state index contributed by atoms with van der Waals surface area (Å²) in [5.74, 6) is 1.59. The number of nitrogens with zero attached hydrogens (tertiary/aromatic N) is 3. The van der Waals surface area contributed by atoms with E-state index in [9.17, 15) is 4.79 Å². The molecule has 6 nitrogen and oxygen atoms in total. The lowest BCUT2D eigenvalue weighted by Crippen LogP contribution is -2.24. The van der Waals surface area contributed by atoms with Crippen LogP contribution >= 0.6 is 23.4 Å². The Kier molecular flexibility index (Phi) is 7.72. The summed E-state index contributed by atoms with van der Waals surface area (Å²) in [4.78, 5) is 12.2. The highest BCUT2D eigenvalue weighted by atomic mass is 35.5. The first-order valence-corrected chi connectivity index (χ1v) is 10.4. The van der Waals surface area contributed by atoms with Crippen LogP contribution in [0, 0.1) is 0 Å². The van der Waals surface area contributed by atoms with Gasteiger partial charge in [0.15, 0.2) is 11.0 Å². The van der Waals surface area contributed by atoms with Gasteiger partial charge in [0.1, 0.15) is 12.4 Å². The first-order valence-electron chi connectivity index (χ1n) is 9.00. The molecular weight excluding hydrogens is 408 g/mol. The molecule has 8 heteroatoms. The SMILES string of the molecule is C=CCn1c(COc2ccccc2)nnc1SCC(=O)NCc1ccc(Cl)cc1. The van der Waals surface area contributed by atoms with Crippen molar-refractivity contribution in [3.05, 3.63) is 83.7 Å². The number of amides is 1. The average Bonchev–Trinajstić information content (AvgIpc) is 3.13. The number of benzene rings is 2. The number of carbonyl (C=O) groups excluding carboxylic acids is 1. The number of hydrogen-bond donors (Lipinski definition) is 1. The largest absolute Gasteiger partial charge is 0.486 e. The number of halogens is 1. The maximum Gasteiger partial charge on any atom is 0.230 e. The quantitative estimate of drug-likeness (QED) is 0.389. The number of aromatic nitrogens is 3. The monoisotopic (exact) mass is 428 g/mol. The molecule has 1 aromatic heterocycles. The van der Waals surface area contributed by atoms with Crippen LogP contribution in [0.3, 0.4) is 0 Å². The van der Waals surface area contributed by atoms with E-state index in [1.807, 2.05) is 47.0 Å². The summed E-state index contributed by atoms with van der Waals surface area (Å²) in [6.45, 7) is 5.06. The third kappa shape index (κ3) is 6.37. The molecule has 0 aliphatic rings. The molecule has 29 heavy (non-hydrogen) atoms. The maximum absolute atomic E-state index is 12.2. The van der Waals surface area contributed by atoms with E-state index in [2.05, 4.69) is 22.1 Å². The molecule has 0 aliphatic heterocycles. The Morgan fingerprint density at radius 3 is 2.66 bits per heavy atom. The van der Waals surface area contributed by atoms with E-state index >= 15 is 0 Å². The number of ether oxygens (including phenoxy) is 1. The van der Waals surface area contributed by atoms with Crippen LogP contribution in [0.15, 0.2) is 72.4 Å². The van der Waals surface area contributed by atoms with Crippen molar-refractivity contribution in [2.24, 2.45) is 0 Å². The molecular formula is C21H21ClN4O2S. The average molecular weight is 429 g/mol. The Morgan fingerprint density at radius 1 is 1.17 bits per heavy atom. The Bertz CT molecular complexity index is 945. The Hall–Kier alpha value is -2.77. The topological polar surface area (TPSA) is 69.0 Å². The molecule has 0 fully saturated rings. The highest BCUT2D eigenvalue weighted by molar-refractivity contribution is 7.99. The molecule has 0 saturated heterocycles. The molecule has 0 aliphatic carbocycles. The van der Waals surface area contributed by atoms with Crippen molar-refractivity contribution in [1.82, 2.24) is 20.1 Å². The lowest BCUT2D eigenvalue weighted by molar-refractivity contribution is -0.118. The summed E-state index contributed by atoms with van der Waals surface area (Å²) >= 11 is 7.20. The molecule has 0 saturated carbocycles. The van der Waals surface area contributed by atoms with Crippen LogP contribution in [0.2, 0.25) is 5.02 Å². The van der Waals surface area contributed by atoms with Crippen molar-refractivity contribution in [3.63, 3.8) is 0 Å². The standard InChI is InChI=1S/C21H21ClN4O2S/c1-2-12-26-19(14-28-18-6-4-3-5-7-18)24-25-21(26)29-15-20(27)23-13-16-8-10-17(22)11-9-16/h2-11H,1,12-15H2,(H,23,27). The van der Waals surface area contributed by atoms with Crippen molar-refractivity contribution < 1.29 is 9.53 Å². The van der Waals surface area contributed by atoms with Crippen molar-refractivity contribution in [3.8, 4) is 5.75 Å². The highest BCUT2D eigenvalue weighted by Gasteiger charge is 2.14. The summed E-state index contributed by atoms with van der Waals surface area (Å²) in [6.07, 6.45) is 1.76. The van der Waals surface area contributed by atoms with E-state index < -0.39 is 0 Å². The molecule has 1 amide bonds. The first kappa shape index (κ1) is 21.0. The molecule has 3 aromatic rings. The number of thioether (sulfide) groups is 1. The second-order valence-corrected chi connectivity index (χ2v) is 7.47. The normalized spacial score (nSPS) is 10.5. The fourth-order valence-electron chi connectivity index (χ4n) is 2.49. The third-order valence-electron chi connectivity index (χ3n) is 3.95. The van der Waals surface area contributed by atoms with Gasteiger partial charge in [-0.1, -0.05) is 59.8 Å². The van der Waals surface area contributed by atoms with Crippen molar-refractivity contribution in [2.75, 3.05) is 5.75 Å². The van der Waals surface area contributed by atoms with Crippen LogP contribution in [0.1, 0.15) is 11.4 Å². The summed E-state index contributed by atoms with van der Waals surface area (Å²) in [5.41, 5.74) is 0.989. The lowest BCUT2D eigenvalue weighted by atomic mass is 10.2. The van der Waals surface area contributed by atoms with E-state index in [-0.39, 0.29) is 18.3 Å². The second-order valence-electron chi connectivity index (χ2n) is 6.09. The molecule has 150 valence electrons. The highest BCUT2D eigenvalue weighted by Crippen LogP contribution is 2.19. The van der Waals surface area contributed by atoms with Crippen molar-refractivity contribution in [1.29, 1.82) is 0 Å². The van der Waals surface area contributed by atoms with Gasteiger partial charge < -0.3 is 10.1 Å². The van der Waals surface area contributed by atoms with Gasteiger partial charge in [0.2, 0.25) is 5.91 Å². The fraction of sp³-hybridized carbons (Fsp3) is 0.190. The van der Waals surface area contributed by atoms with Gasteiger partial charge in [-0.25, -0.2) is 0 Å². The van der Waals surface area contributed by atoms with Gasteiger partial charge in [0.05, 0.1) is 5.75 Å². The van der Waals surface area contributed by atoms with Crippen molar-refractivity contribution in [2.45, 2.75) is 24.9 Å². The van der Waals surface area contributed by atoms with E-state index in [1.54, 1.807) is 18.2 Å². The zero-order valence-corrected chi connectivity index (χ0v) is 17.3. The predicted molar refractivity (Wildman–Crippen MR) is 115 cm³/mol. The van der Waals surface area contributed by atoms with Gasteiger partial charge in [0, 0.05) is 18.1 Å². The first-order chi connectivity index (χ1) is 14.2. The van der Waals surface area contributed by atoms with Gasteiger partial charge in [-0.3, -0.25) is 9.36 Å². The summed E-state index contributed by atoms with van der Waals surface area (Å²) in [6, 6.07) is 16.9. The van der Waals surface area contributed by atoms with Gasteiger partial charge in [-0.05, 0) is 29.8 Å². The van der Waals surface area contributed by atoms with Gasteiger partial charge >= 0.3 is 0 Å². The minimum atomic E-state index is -0.0832. The van der Waals surface area contributed by atoms with Crippen molar-refractivity contribution >= 4 is 29.3 Å². The Morgan fingerprint density at radius 2 is 1.93 bits per heavy atom. The van der Waals surface area contributed by atoms with E-state index in [0.717, 1.165) is 11.3 Å². The predicted octanol–water partition coefficient (Wildman–Crippen LogP) is 4.11. The molecule has 1 heterocycles. The third-order valence-corrected chi connectivity index (χ3v) is 5.17. The Labute approximate surface area is 178 Å². The van der Waals surface area contributed by atoms with E-state index in [4.69, 9.17) is 16.3 Å². The second kappa shape index (κ2) is 10.7. The van der Waals surface area contributed by atoms with Crippen LogP contribution in [0.5, 0.6) is 5.75 Å². The summed E-state index contributed by atoms with van der Waals surface area (Å²) < 4.78 is 7.65. The number of allylic oxidation sites excluding steroid dienone is 1. The number of hydrogen-bond acceptors (Lipinski definition) is 5. The zero-order chi connectivity index (χ0) is 20.5. The number of para-hydroxylation sites is 1. The fourth-order valence-corrected chi connectivity index (χ4v) is 3.42. The van der Waals surface area contributed by atoms with Gasteiger partial charge in [-0.15, -0.1) is 16.8 Å². The molecule has 0 spiro atoms. The van der Waals surface area contributed by atoms with Crippen LogP contribution in [0.4, 0.5) is 0 Å². The van der Waals surface area contributed by atoms with Crippen LogP contribution in [0.25, 0.3) is 0 Å². The van der Waals surface area contributed by atoms with E-state index in [0.29, 0.717) is 29.1 Å². The molecule has 0 radical (unpaired) electrons. The molecule has 0 unspecified atom stereocenters.